The number of Topliss-reactive ketones (excluding diaryl/α,β-unsaturated/α-hetero) is 1. The molecule has 2 aliphatic heterocycles. The summed E-state index contributed by atoms with van der Waals surface area (Å²) in [6.07, 6.45) is 3.05. The van der Waals surface area contributed by atoms with E-state index in [-0.39, 0.29) is 41.9 Å². The van der Waals surface area contributed by atoms with Crippen molar-refractivity contribution in [3.8, 4) is 17.2 Å². The second-order valence-electron chi connectivity index (χ2n) is 9.27. The number of amides is 1. The van der Waals surface area contributed by atoms with Gasteiger partial charge in [-0.05, 0) is 54.8 Å². The number of rotatable bonds is 6. The summed E-state index contributed by atoms with van der Waals surface area (Å²) in [7, 11) is 0. The first kappa shape index (κ1) is 20.8. The van der Waals surface area contributed by atoms with Gasteiger partial charge in [-0.3, -0.25) is 9.59 Å². The summed E-state index contributed by atoms with van der Waals surface area (Å²) in [5, 5.41) is 2.78. The van der Waals surface area contributed by atoms with Crippen molar-refractivity contribution < 1.29 is 23.5 Å². The monoisotopic (exact) mass is 458 g/mol. The van der Waals surface area contributed by atoms with Crippen LogP contribution < -0.4 is 14.8 Å². The van der Waals surface area contributed by atoms with Crippen LogP contribution in [-0.2, 0) is 22.4 Å². The number of nitrogens with zero attached hydrogens (tertiary/aromatic N) is 1. The number of aryl methyl sites for hydroxylation is 1. The lowest BCUT2D eigenvalue weighted by Gasteiger charge is -2.19. The Hall–Kier alpha value is -3.74. The fourth-order valence-corrected chi connectivity index (χ4v) is 5.08. The molecule has 3 aliphatic rings. The third-order valence-electron chi connectivity index (χ3n) is 6.86. The number of hydrogen-bond donors (Lipinski definition) is 1. The maximum absolute atomic E-state index is 14.1. The molecule has 1 aromatic heterocycles. The first-order chi connectivity index (χ1) is 16.5. The van der Waals surface area contributed by atoms with E-state index < -0.39 is 0 Å². The molecule has 3 aromatic rings. The maximum Gasteiger partial charge on any atom is 0.225 e. The molecule has 3 atom stereocenters. The topological polar surface area (TPSA) is 77.5 Å². The van der Waals surface area contributed by atoms with Gasteiger partial charge in [0, 0.05) is 48.4 Å². The molecular weight excluding hydrogens is 435 g/mol. The molecule has 34 heavy (non-hydrogen) atoms. The summed E-state index contributed by atoms with van der Waals surface area (Å²) in [6.45, 7) is 1.83. The highest BCUT2D eigenvalue weighted by molar-refractivity contribution is 5.93. The minimum atomic E-state index is -0.328. The number of carbonyl (C=O) groups excluding carboxylic acids is 2. The summed E-state index contributed by atoms with van der Waals surface area (Å²) >= 11 is 0. The van der Waals surface area contributed by atoms with Crippen LogP contribution in [0.4, 0.5) is 10.2 Å². The fraction of sp³-hybridized carbons (Fsp3) is 0.296. The Morgan fingerprint density at radius 2 is 2.09 bits per heavy atom. The van der Waals surface area contributed by atoms with Crippen LogP contribution >= 0.6 is 0 Å². The first-order valence-electron chi connectivity index (χ1n) is 11.5. The van der Waals surface area contributed by atoms with Gasteiger partial charge >= 0.3 is 0 Å². The summed E-state index contributed by atoms with van der Waals surface area (Å²) in [5.74, 6) is 2.61. The predicted molar refractivity (Wildman–Crippen MR) is 123 cm³/mol. The van der Waals surface area contributed by atoms with E-state index in [1.54, 1.807) is 18.3 Å². The number of halogens is 1. The number of nitrogens with one attached hydrogen (secondary N) is 1. The summed E-state index contributed by atoms with van der Waals surface area (Å²) in [4.78, 5) is 28.5. The quantitative estimate of drug-likeness (QED) is 0.570. The van der Waals surface area contributed by atoms with Crippen molar-refractivity contribution >= 4 is 17.5 Å². The molecule has 3 heterocycles. The van der Waals surface area contributed by atoms with Gasteiger partial charge in [0.1, 0.15) is 40.8 Å². The van der Waals surface area contributed by atoms with Crippen LogP contribution in [0.15, 0.2) is 48.7 Å². The lowest BCUT2D eigenvalue weighted by molar-refractivity contribution is -0.119. The molecule has 0 bridgehead atoms. The van der Waals surface area contributed by atoms with E-state index in [4.69, 9.17) is 9.47 Å². The Balaban J connectivity index is 1.15. The lowest BCUT2D eigenvalue weighted by Crippen LogP contribution is -2.20. The third-order valence-corrected chi connectivity index (χ3v) is 6.86. The maximum atomic E-state index is 14.1. The van der Waals surface area contributed by atoms with Crippen LogP contribution in [0.25, 0.3) is 0 Å². The van der Waals surface area contributed by atoms with E-state index in [0.717, 1.165) is 22.4 Å². The van der Waals surface area contributed by atoms with Crippen LogP contribution in [0.5, 0.6) is 17.2 Å². The van der Waals surface area contributed by atoms with Gasteiger partial charge in [-0.25, -0.2) is 9.37 Å². The van der Waals surface area contributed by atoms with Crippen LogP contribution in [0.3, 0.4) is 0 Å². The molecule has 0 unspecified atom stereocenters. The minimum absolute atomic E-state index is 0.0130. The lowest BCUT2D eigenvalue weighted by atomic mass is 10.0. The van der Waals surface area contributed by atoms with Crippen molar-refractivity contribution in [2.75, 3.05) is 5.32 Å². The van der Waals surface area contributed by atoms with Crippen LogP contribution in [-0.4, -0.2) is 22.8 Å². The van der Waals surface area contributed by atoms with Crippen molar-refractivity contribution in [1.29, 1.82) is 0 Å². The van der Waals surface area contributed by atoms with E-state index in [0.29, 0.717) is 42.1 Å². The number of ether oxygens (including phenoxy) is 2. The van der Waals surface area contributed by atoms with Gasteiger partial charge < -0.3 is 14.8 Å². The highest BCUT2D eigenvalue weighted by Crippen LogP contribution is 2.60. The predicted octanol–water partition coefficient (Wildman–Crippen LogP) is 4.88. The van der Waals surface area contributed by atoms with E-state index >= 15 is 0 Å². The molecule has 6 nitrogen and oxygen atoms in total. The van der Waals surface area contributed by atoms with Crippen molar-refractivity contribution in [2.45, 2.75) is 44.6 Å². The smallest absolute Gasteiger partial charge is 0.225 e. The Morgan fingerprint density at radius 1 is 1.21 bits per heavy atom. The first-order valence-corrected chi connectivity index (χ1v) is 11.5. The zero-order chi connectivity index (χ0) is 23.4. The summed E-state index contributed by atoms with van der Waals surface area (Å²) < 4.78 is 26.3. The largest absolute Gasteiger partial charge is 0.489 e. The number of aromatic nitrogens is 1. The summed E-state index contributed by atoms with van der Waals surface area (Å²) in [5.41, 5.74) is 3.20. The van der Waals surface area contributed by atoms with Crippen molar-refractivity contribution in [3.63, 3.8) is 0 Å². The average molecular weight is 458 g/mol. The minimum Gasteiger partial charge on any atom is -0.489 e. The molecule has 1 N–H and O–H groups in total. The normalized spacial score (nSPS) is 21.6. The van der Waals surface area contributed by atoms with Crippen molar-refractivity contribution in [2.24, 2.45) is 5.92 Å². The number of anilines is 1. The van der Waals surface area contributed by atoms with Crippen LogP contribution in [0.2, 0.25) is 0 Å². The van der Waals surface area contributed by atoms with Gasteiger partial charge in [0.05, 0.1) is 0 Å². The van der Waals surface area contributed by atoms with Crippen molar-refractivity contribution in [1.82, 2.24) is 4.98 Å². The number of ketones is 1. The third kappa shape index (κ3) is 3.71. The van der Waals surface area contributed by atoms with Gasteiger partial charge in [0.15, 0.2) is 0 Å². The molecule has 1 aliphatic carbocycles. The summed E-state index contributed by atoms with van der Waals surface area (Å²) in [6, 6.07) is 12.5. The molecule has 6 rings (SSSR count). The van der Waals surface area contributed by atoms with Gasteiger partial charge in [-0.2, -0.15) is 0 Å². The molecular formula is C27H23FN2O4. The molecule has 1 amide bonds. The molecule has 0 saturated heterocycles. The second kappa shape index (κ2) is 7.94. The highest BCUT2D eigenvalue weighted by Gasteiger charge is 2.59. The zero-order valence-electron chi connectivity index (χ0n) is 18.6. The number of benzene rings is 2. The number of carbonyl (C=O) groups is 2. The van der Waals surface area contributed by atoms with E-state index in [2.05, 4.69) is 10.3 Å². The SMILES string of the molecule is Cc1ccc(CC(=O)C[C@@H]2[C@H]3Oc4ccc(Oc5ccnc6c5CCC(=O)N6)cc4[C@@H]23)c(F)c1. The number of pyridine rings is 1. The Morgan fingerprint density at radius 3 is 2.94 bits per heavy atom. The molecule has 2 aromatic carbocycles. The number of hydrogen-bond acceptors (Lipinski definition) is 5. The molecule has 0 radical (unpaired) electrons. The molecule has 7 heteroatoms. The Kier molecular flexibility index (Phi) is 4.86. The molecule has 0 spiro atoms. The van der Waals surface area contributed by atoms with E-state index in [9.17, 15) is 14.0 Å². The molecule has 1 fully saturated rings. The van der Waals surface area contributed by atoms with E-state index in [1.807, 2.05) is 31.2 Å². The van der Waals surface area contributed by atoms with Gasteiger partial charge in [-0.1, -0.05) is 12.1 Å². The standard InChI is InChI=1S/C27H23FN2O4/c1-14-2-3-15(21(28)10-14)11-16(31)12-20-25-19-13-17(4-6-22(19)34-26(20)25)33-23-8-9-29-27-18(23)5-7-24(32)30-27/h2-4,6,8-10,13,20,25-26H,5,7,11-12H2,1H3,(H,29,30,32)/t20-,25-,26+/m0/s1. The molecule has 1 saturated carbocycles. The van der Waals surface area contributed by atoms with Crippen LogP contribution in [0, 0.1) is 18.7 Å². The molecule has 172 valence electrons. The van der Waals surface area contributed by atoms with Gasteiger partial charge in [-0.15, -0.1) is 0 Å². The van der Waals surface area contributed by atoms with Crippen LogP contribution in [0.1, 0.15) is 41.0 Å². The van der Waals surface area contributed by atoms with Gasteiger partial charge in [0.25, 0.3) is 0 Å². The number of fused-ring (bicyclic) bond motifs is 4. The second-order valence-corrected chi connectivity index (χ2v) is 9.27. The van der Waals surface area contributed by atoms with Crippen molar-refractivity contribution in [3.05, 3.63) is 76.7 Å². The Labute approximate surface area is 196 Å². The van der Waals surface area contributed by atoms with Gasteiger partial charge in [0.2, 0.25) is 5.91 Å². The highest BCUT2D eigenvalue weighted by atomic mass is 19.1. The Bertz CT molecular complexity index is 1340. The average Bonchev–Trinajstić information content (AvgIpc) is 3.32. The zero-order valence-corrected chi connectivity index (χ0v) is 18.6. The fourth-order valence-electron chi connectivity index (χ4n) is 5.08. The van der Waals surface area contributed by atoms with E-state index in [1.165, 1.54) is 6.07 Å².